The van der Waals surface area contributed by atoms with Crippen LogP contribution in [0.1, 0.15) is 28.9 Å². The van der Waals surface area contributed by atoms with Gasteiger partial charge in [0.05, 0.1) is 26.1 Å². The van der Waals surface area contributed by atoms with E-state index in [4.69, 9.17) is 9.47 Å². The van der Waals surface area contributed by atoms with Crippen molar-refractivity contribution < 1.29 is 19.1 Å². The summed E-state index contributed by atoms with van der Waals surface area (Å²) in [6.45, 7) is 1.51. The molecule has 1 N–H and O–H groups in total. The van der Waals surface area contributed by atoms with Crippen LogP contribution in [0.25, 0.3) is 5.69 Å². The number of carbonyl (C=O) groups is 2. The molecule has 1 fully saturated rings. The maximum absolute atomic E-state index is 13.1. The van der Waals surface area contributed by atoms with Crippen molar-refractivity contribution in [3.05, 3.63) is 72.3 Å². The second kappa shape index (κ2) is 10.2. The number of benzene rings is 1. The van der Waals surface area contributed by atoms with Crippen molar-refractivity contribution in [3.8, 4) is 17.2 Å². The molecular weight excluding hydrogens is 420 g/mol. The molecule has 1 aliphatic heterocycles. The zero-order chi connectivity index (χ0) is 23.2. The topological polar surface area (TPSA) is 85.7 Å². The van der Waals surface area contributed by atoms with Gasteiger partial charge >= 0.3 is 0 Å². The van der Waals surface area contributed by atoms with Crippen molar-refractivity contribution in [2.45, 2.75) is 19.4 Å². The molecule has 0 atom stereocenters. The van der Waals surface area contributed by atoms with E-state index in [1.165, 1.54) is 0 Å². The van der Waals surface area contributed by atoms with Crippen LogP contribution in [0.4, 0.5) is 0 Å². The summed E-state index contributed by atoms with van der Waals surface area (Å²) in [5.41, 5.74) is 2.37. The summed E-state index contributed by atoms with van der Waals surface area (Å²) >= 11 is 0. The Morgan fingerprint density at radius 2 is 1.85 bits per heavy atom. The van der Waals surface area contributed by atoms with E-state index in [1.807, 2.05) is 58.1 Å². The van der Waals surface area contributed by atoms with Gasteiger partial charge in [0.1, 0.15) is 5.69 Å². The van der Waals surface area contributed by atoms with Crippen LogP contribution in [-0.4, -0.2) is 53.6 Å². The number of ether oxygens (including phenoxy) is 2. The number of methoxy groups -OCH3 is 2. The van der Waals surface area contributed by atoms with Gasteiger partial charge in [0.2, 0.25) is 5.91 Å². The zero-order valence-corrected chi connectivity index (χ0v) is 18.9. The average Bonchev–Trinajstić information content (AvgIpc) is 3.37. The van der Waals surface area contributed by atoms with Gasteiger partial charge in [-0.25, -0.2) is 0 Å². The fourth-order valence-electron chi connectivity index (χ4n) is 4.11. The fourth-order valence-corrected chi connectivity index (χ4v) is 4.11. The highest BCUT2D eigenvalue weighted by molar-refractivity contribution is 5.93. The molecule has 3 aromatic rings. The molecule has 2 aromatic heterocycles. The van der Waals surface area contributed by atoms with Gasteiger partial charge in [0.15, 0.2) is 11.5 Å². The molecule has 3 heterocycles. The molecule has 0 bridgehead atoms. The molecule has 4 rings (SSSR count). The summed E-state index contributed by atoms with van der Waals surface area (Å²) in [7, 11) is 3.18. The van der Waals surface area contributed by atoms with Crippen LogP contribution in [0.15, 0.2) is 61.1 Å². The second-order valence-electron chi connectivity index (χ2n) is 7.95. The van der Waals surface area contributed by atoms with Crippen molar-refractivity contribution in [1.29, 1.82) is 0 Å². The van der Waals surface area contributed by atoms with Crippen LogP contribution >= 0.6 is 0 Å². The van der Waals surface area contributed by atoms with Gasteiger partial charge in [-0.1, -0.05) is 6.07 Å². The number of likely N-dealkylation sites (tertiary alicyclic amines) is 1. The summed E-state index contributed by atoms with van der Waals surface area (Å²) < 4.78 is 12.4. The summed E-state index contributed by atoms with van der Waals surface area (Å²) in [5, 5.41) is 3.01. The summed E-state index contributed by atoms with van der Waals surface area (Å²) in [4.78, 5) is 31.8. The molecule has 0 saturated carbocycles. The molecule has 0 aliphatic carbocycles. The van der Waals surface area contributed by atoms with Gasteiger partial charge in [-0.3, -0.25) is 14.6 Å². The average molecular weight is 449 g/mol. The predicted molar refractivity (Wildman–Crippen MR) is 124 cm³/mol. The van der Waals surface area contributed by atoms with Gasteiger partial charge in [0, 0.05) is 37.9 Å². The molecular formula is C25H28N4O4. The Kier molecular flexibility index (Phi) is 6.92. The molecule has 1 aromatic carbocycles. The minimum atomic E-state index is -0.112. The lowest BCUT2D eigenvalue weighted by Gasteiger charge is -2.31. The number of amides is 2. The second-order valence-corrected chi connectivity index (χ2v) is 7.95. The number of nitrogens with one attached hydrogen (secondary N) is 1. The molecule has 8 heteroatoms. The number of hydrogen-bond acceptors (Lipinski definition) is 5. The molecule has 172 valence electrons. The Balaban J connectivity index is 1.32. The highest BCUT2D eigenvalue weighted by atomic mass is 16.5. The van der Waals surface area contributed by atoms with E-state index in [9.17, 15) is 9.59 Å². The van der Waals surface area contributed by atoms with Crippen molar-refractivity contribution >= 4 is 11.8 Å². The van der Waals surface area contributed by atoms with Crippen LogP contribution < -0.4 is 14.8 Å². The Hall–Kier alpha value is -3.81. The Morgan fingerprint density at radius 1 is 1.06 bits per heavy atom. The van der Waals surface area contributed by atoms with Gasteiger partial charge in [0.25, 0.3) is 5.91 Å². The lowest BCUT2D eigenvalue weighted by molar-refractivity contribution is -0.126. The zero-order valence-electron chi connectivity index (χ0n) is 18.9. The first-order chi connectivity index (χ1) is 16.1. The third-order valence-corrected chi connectivity index (χ3v) is 5.96. The van der Waals surface area contributed by atoms with Gasteiger partial charge in [-0.05, 0) is 54.8 Å². The molecule has 0 unspecified atom stereocenters. The first-order valence-electron chi connectivity index (χ1n) is 11.0. The number of nitrogens with zero attached hydrogens (tertiary/aromatic N) is 3. The third-order valence-electron chi connectivity index (χ3n) is 5.96. The van der Waals surface area contributed by atoms with Crippen molar-refractivity contribution in [3.63, 3.8) is 0 Å². The van der Waals surface area contributed by atoms with Gasteiger partial charge in [-0.2, -0.15) is 0 Å². The number of rotatable bonds is 7. The standard InChI is InChI=1S/C25H28N4O4/c1-32-22-8-7-18(15-23(22)33-2)16-27-24(30)19-9-13-28(14-10-19)25(31)21-6-4-12-29(21)20-5-3-11-26-17-20/h3-8,11-12,15,17,19H,9-10,13-14,16H2,1-2H3,(H,27,30). The van der Waals surface area contributed by atoms with Crippen LogP contribution in [0.2, 0.25) is 0 Å². The highest BCUT2D eigenvalue weighted by Crippen LogP contribution is 2.27. The van der Waals surface area contributed by atoms with E-state index < -0.39 is 0 Å². The number of carbonyl (C=O) groups excluding carboxylic acids is 2. The van der Waals surface area contributed by atoms with E-state index in [-0.39, 0.29) is 17.7 Å². The van der Waals surface area contributed by atoms with E-state index in [2.05, 4.69) is 10.3 Å². The maximum atomic E-state index is 13.1. The monoisotopic (exact) mass is 448 g/mol. The molecule has 1 aliphatic rings. The lowest BCUT2D eigenvalue weighted by Crippen LogP contribution is -2.43. The van der Waals surface area contributed by atoms with Crippen LogP contribution in [0.3, 0.4) is 0 Å². The van der Waals surface area contributed by atoms with E-state index in [0.717, 1.165) is 11.3 Å². The highest BCUT2D eigenvalue weighted by Gasteiger charge is 2.29. The predicted octanol–water partition coefficient (Wildman–Crippen LogP) is 3.06. The normalized spacial score (nSPS) is 14.1. The quantitative estimate of drug-likeness (QED) is 0.601. The molecule has 33 heavy (non-hydrogen) atoms. The molecule has 0 spiro atoms. The van der Waals surface area contributed by atoms with E-state index in [1.54, 1.807) is 26.6 Å². The molecule has 1 saturated heterocycles. The fraction of sp³-hybridized carbons (Fsp3) is 0.320. The minimum absolute atomic E-state index is 0.00983. The molecule has 0 radical (unpaired) electrons. The summed E-state index contributed by atoms with van der Waals surface area (Å²) in [5.74, 6) is 1.15. The largest absolute Gasteiger partial charge is 0.493 e. The number of piperidine rings is 1. The first kappa shape index (κ1) is 22.4. The minimum Gasteiger partial charge on any atom is -0.493 e. The van der Waals surface area contributed by atoms with E-state index in [0.29, 0.717) is 49.7 Å². The SMILES string of the molecule is COc1ccc(CNC(=O)C2CCN(C(=O)c3cccn3-c3cccnc3)CC2)cc1OC. The number of hydrogen-bond donors (Lipinski definition) is 1. The Labute approximate surface area is 193 Å². The lowest BCUT2D eigenvalue weighted by atomic mass is 9.95. The number of aromatic nitrogens is 2. The van der Waals surface area contributed by atoms with Crippen molar-refractivity contribution in [2.24, 2.45) is 5.92 Å². The van der Waals surface area contributed by atoms with E-state index >= 15 is 0 Å². The molecule has 8 nitrogen and oxygen atoms in total. The van der Waals surface area contributed by atoms with Gasteiger partial charge in [-0.15, -0.1) is 0 Å². The summed E-state index contributed by atoms with van der Waals surface area (Å²) in [6.07, 6.45) is 6.56. The van der Waals surface area contributed by atoms with Crippen molar-refractivity contribution in [2.75, 3.05) is 27.3 Å². The van der Waals surface area contributed by atoms with Gasteiger partial charge < -0.3 is 24.3 Å². The maximum Gasteiger partial charge on any atom is 0.270 e. The third kappa shape index (κ3) is 5.00. The smallest absolute Gasteiger partial charge is 0.270 e. The van der Waals surface area contributed by atoms with Crippen molar-refractivity contribution in [1.82, 2.24) is 19.8 Å². The Bertz CT molecular complexity index is 1100. The van der Waals surface area contributed by atoms with Crippen LogP contribution in [0.5, 0.6) is 11.5 Å². The van der Waals surface area contributed by atoms with Crippen LogP contribution in [-0.2, 0) is 11.3 Å². The molecule has 2 amide bonds. The summed E-state index contributed by atoms with van der Waals surface area (Å²) in [6, 6.07) is 13.0. The Morgan fingerprint density at radius 3 is 2.55 bits per heavy atom. The van der Waals surface area contributed by atoms with Crippen LogP contribution in [0, 0.1) is 5.92 Å². The first-order valence-corrected chi connectivity index (χ1v) is 11.0. The number of pyridine rings is 1.